The molecule has 0 aromatic heterocycles. The average Bonchev–Trinajstić information content (AvgIpc) is 2.78. The van der Waals surface area contributed by atoms with Crippen molar-refractivity contribution in [2.45, 2.75) is 44.8 Å². The summed E-state index contributed by atoms with van der Waals surface area (Å²) in [5.74, 6) is -0.548. The third kappa shape index (κ3) is 5.90. The fourth-order valence-corrected chi connectivity index (χ4v) is 4.09. The van der Waals surface area contributed by atoms with Gasteiger partial charge in [0.1, 0.15) is 17.4 Å². The van der Waals surface area contributed by atoms with E-state index in [2.05, 4.69) is 0 Å². The third-order valence-corrected chi connectivity index (χ3v) is 5.88. The lowest BCUT2D eigenvalue weighted by Gasteiger charge is -2.35. The third-order valence-electron chi connectivity index (χ3n) is 5.88. The smallest absolute Gasteiger partial charge is 0.429 e. The molecule has 0 saturated carbocycles. The zero-order chi connectivity index (χ0) is 25.4. The van der Waals surface area contributed by atoms with Gasteiger partial charge < -0.3 is 14.2 Å². The molecule has 0 bridgehead atoms. The zero-order valence-corrected chi connectivity index (χ0v) is 18.5. The van der Waals surface area contributed by atoms with Crippen LogP contribution in [-0.4, -0.2) is 31.8 Å². The van der Waals surface area contributed by atoms with Crippen molar-refractivity contribution in [1.29, 1.82) is 0 Å². The van der Waals surface area contributed by atoms with Gasteiger partial charge in [-0.3, -0.25) is 0 Å². The summed E-state index contributed by atoms with van der Waals surface area (Å²) in [4.78, 5) is 0. The minimum Gasteiger partial charge on any atom is -0.429 e. The molecule has 1 fully saturated rings. The van der Waals surface area contributed by atoms with Crippen molar-refractivity contribution in [2.75, 3.05) is 13.2 Å². The van der Waals surface area contributed by atoms with Gasteiger partial charge in [-0.1, -0.05) is 18.9 Å². The Labute approximate surface area is 196 Å². The molecule has 1 saturated heterocycles. The second kappa shape index (κ2) is 9.70. The summed E-state index contributed by atoms with van der Waals surface area (Å²) in [6.45, 7) is 3.09. The average molecular weight is 502 g/mol. The molecular formula is C25H21F7O3. The van der Waals surface area contributed by atoms with Crippen LogP contribution >= 0.6 is 0 Å². The number of allylic oxidation sites excluding steroid dienone is 1. The van der Waals surface area contributed by atoms with E-state index >= 15 is 0 Å². The predicted octanol–water partition coefficient (Wildman–Crippen LogP) is 6.74. The molecule has 0 radical (unpaired) electrons. The summed E-state index contributed by atoms with van der Waals surface area (Å²) in [6, 6.07) is 3.78. The number of rotatable bonds is 4. The molecule has 1 aliphatic heterocycles. The maximum Gasteiger partial charge on any atom is 0.458 e. The van der Waals surface area contributed by atoms with Crippen molar-refractivity contribution in [3.05, 3.63) is 53.1 Å². The van der Waals surface area contributed by atoms with E-state index in [9.17, 15) is 30.7 Å². The van der Waals surface area contributed by atoms with Crippen molar-refractivity contribution in [3.63, 3.8) is 0 Å². The van der Waals surface area contributed by atoms with Gasteiger partial charge >= 0.3 is 12.3 Å². The van der Waals surface area contributed by atoms with E-state index in [1.54, 1.807) is 0 Å². The number of halogens is 7. The topological polar surface area (TPSA) is 27.7 Å². The van der Waals surface area contributed by atoms with Crippen molar-refractivity contribution >= 4 is 10.8 Å². The standard InChI is InChI=1S/C25H21F7O3/c1-14-12-33-23(34-13-14)15-2-4-17(5-3-15)25(31,32)35-18-6-7-19-16(10-18)11-21(26)20(22(19)27)8-9-24(28,29)30/h4,6-7,10-11,14-15,23H,2-3,5,12-13H2,1H3. The minimum atomic E-state index is -4.93. The molecule has 1 atom stereocenters. The fraction of sp³-hybridized carbons (Fsp3) is 0.440. The molecule has 188 valence electrons. The molecule has 1 aliphatic carbocycles. The fourth-order valence-electron chi connectivity index (χ4n) is 4.09. The van der Waals surface area contributed by atoms with Gasteiger partial charge in [-0.2, -0.15) is 22.0 Å². The minimum absolute atomic E-state index is 0.0501. The first-order chi connectivity index (χ1) is 16.4. The van der Waals surface area contributed by atoms with Crippen LogP contribution < -0.4 is 4.74 Å². The Bertz CT molecular complexity index is 1190. The number of ether oxygens (including phenoxy) is 3. The Hall–Kier alpha value is -2.77. The molecule has 3 nitrogen and oxygen atoms in total. The first-order valence-corrected chi connectivity index (χ1v) is 10.9. The van der Waals surface area contributed by atoms with Gasteiger partial charge in [0.05, 0.1) is 18.8 Å². The second-order valence-electron chi connectivity index (χ2n) is 8.70. The van der Waals surface area contributed by atoms with Crippen molar-refractivity contribution < 1.29 is 44.9 Å². The normalized spacial score (nSPS) is 23.4. The molecule has 2 aromatic carbocycles. The molecule has 10 heteroatoms. The molecule has 0 spiro atoms. The summed E-state index contributed by atoms with van der Waals surface area (Å²) in [5, 5.41) is -0.445. The van der Waals surface area contributed by atoms with E-state index in [1.165, 1.54) is 12.0 Å². The number of alkyl halides is 5. The summed E-state index contributed by atoms with van der Waals surface area (Å²) in [6.07, 6.45) is -6.85. The monoisotopic (exact) mass is 502 g/mol. The number of fused-ring (bicyclic) bond motifs is 1. The number of hydrogen-bond donors (Lipinski definition) is 0. The first kappa shape index (κ1) is 25.3. The summed E-state index contributed by atoms with van der Waals surface area (Å²) in [7, 11) is 0. The van der Waals surface area contributed by atoms with Gasteiger partial charge in [0.25, 0.3) is 0 Å². The SMILES string of the molecule is CC1COC(C2CC=C(C(F)(F)Oc3ccc4c(F)c(C#CC(F)(F)F)c(F)cc4c3)CC2)OC1. The Morgan fingerprint density at radius 1 is 1.03 bits per heavy atom. The maximum absolute atomic E-state index is 14.8. The zero-order valence-electron chi connectivity index (χ0n) is 18.5. The molecular weight excluding hydrogens is 481 g/mol. The molecule has 2 aliphatic rings. The van der Waals surface area contributed by atoms with Gasteiger partial charge in [-0.25, -0.2) is 8.78 Å². The quantitative estimate of drug-likeness (QED) is 0.263. The molecule has 4 rings (SSSR count). The number of hydrogen-bond acceptors (Lipinski definition) is 3. The largest absolute Gasteiger partial charge is 0.458 e. The van der Waals surface area contributed by atoms with Crippen LogP contribution in [0.3, 0.4) is 0 Å². The van der Waals surface area contributed by atoms with Crippen molar-refractivity contribution in [2.24, 2.45) is 11.8 Å². The van der Waals surface area contributed by atoms with Crippen LogP contribution in [0.25, 0.3) is 10.8 Å². The van der Waals surface area contributed by atoms with Crippen LogP contribution in [0.1, 0.15) is 31.7 Å². The highest BCUT2D eigenvalue weighted by Gasteiger charge is 2.40. The molecule has 0 N–H and O–H groups in total. The van der Waals surface area contributed by atoms with E-state index < -0.39 is 35.8 Å². The van der Waals surface area contributed by atoms with Crippen molar-refractivity contribution in [1.82, 2.24) is 0 Å². The maximum atomic E-state index is 14.8. The van der Waals surface area contributed by atoms with Crippen LogP contribution in [0.2, 0.25) is 0 Å². The Balaban J connectivity index is 1.50. The lowest BCUT2D eigenvalue weighted by Crippen LogP contribution is -2.38. The van der Waals surface area contributed by atoms with Crippen LogP contribution in [0, 0.1) is 35.3 Å². The van der Waals surface area contributed by atoms with E-state index in [4.69, 9.17) is 14.2 Å². The predicted molar refractivity (Wildman–Crippen MR) is 113 cm³/mol. The van der Waals surface area contributed by atoms with Gasteiger partial charge in [-0.05, 0) is 48.9 Å². The Morgan fingerprint density at radius 3 is 2.37 bits per heavy atom. The highest BCUT2D eigenvalue weighted by Crippen LogP contribution is 2.39. The van der Waals surface area contributed by atoms with Crippen LogP contribution in [-0.2, 0) is 9.47 Å². The molecule has 1 unspecified atom stereocenters. The first-order valence-electron chi connectivity index (χ1n) is 10.9. The Kier molecular flexibility index (Phi) is 7.02. The molecule has 35 heavy (non-hydrogen) atoms. The lowest BCUT2D eigenvalue weighted by atomic mass is 9.88. The molecule has 0 amide bonds. The van der Waals surface area contributed by atoms with Crippen LogP contribution in [0.15, 0.2) is 35.9 Å². The van der Waals surface area contributed by atoms with Crippen LogP contribution in [0.4, 0.5) is 30.7 Å². The lowest BCUT2D eigenvalue weighted by molar-refractivity contribution is -0.224. The summed E-state index contributed by atoms with van der Waals surface area (Å²) < 4.78 is 111. The molecule has 1 heterocycles. The van der Waals surface area contributed by atoms with E-state index in [0.29, 0.717) is 26.1 Å². The number of benzene rings is 2. The van der Waals surface area contributed by atoms with Gasteiger partial charge in [-0.15, -0.1) is 0 Å². The highest BCUT2D eigenvalue weighted by molar-refractivity contribution is 5.86. The summed E-state index contributed by atoms with van der Waals surface area (Å²) in [5.41, 5.74) is -1.29. The molecule has 2 aromatic rings. The van der Waals surface area contributed by atoms with Gasteiger partial charge in [0.2, 0.25) is 0 Å². The Morgan fingerprint density at radius 2 is 1.74 bits per heavy atom. The van der Waals surface area contributed by atoms with Crippen LogP contribution in [0.5, 0.6) is 5.75 Å². The van der Waals surface area contributed by atoms with E-state index in [-0.39, 0.29) is 40.4 Å². The highest BCUT2D eigenvalue weighted by atomic mass is 19.4. The van der Waals surface area contributed by atoms with Gasteiger partial charge in [0, 0.05) is 28.7 Å². The summed E-state index contributed by atoms with van der Waals surface area (Å²) >= 11 is 0. The van der Waals surface area contributed by atoms with E-state index in [0.717, 1.165) is 30.2 Å². The van der Waals surface area contributed by atoms with Crippen molar-refractivity contribution in [3.8, 4) is 17.6 Å². The van der Waals surface area contributed by atoms with E-state index in [1.807, 2.05) is 6.92 Å². The van der Waals surface area contributed by atoms with Gasteiger partial charge in [0.15, 0.2) is 6.29 Å². The second-order valence-corrected chi connectivity index (χ2v) is 8.70.